The van der Waals surface area contributed by atoms with Crippen LogP contribution in [0.2, 0.25) is 0 Å². The molecule has 0 spiro atoms. The van der Waals surface area contributed by atoms with Gasteiger partial charge in [-0.2, -0.15) is 4.57 Å². The zero-order valence-corrected chi connectivity index (χ0v) is 22.1. The molecule has 3 heterocycles. The van der Waals surface area contributed by atoms with Gasteiger partial charge in [-0.1, -0.05) is 40.7 Å². The molecule has 2 saturated carbocycles. The van der Waals surface area contributed by atoms with Crippen molar-refractivity contribution in [2.45, 2.75) is 89.5 Å². The van der Waals surface area contributed by atoms with Crippen molar-refractivity contribution in [1.29, 1.82) is 0 Å². The smallest absolute Gasteiger partial charge is 0.368 e. The standard InChI is InChI=1S/C31H40N3O/c1-19(2)22-9-12-32-28(16-22)26-15-24(26)14-21(5)23-10-13-34(30(17-23)35-6)29-18-27(29)25-8-7-11-33-31(25)20(3)4/h7-13,16-17,19-21,24,26-27,29H,14-15,18H2,1-6H3/q+1. The van der Waals surface area contributed by atoms with Gasteiger partial charge in [-0.3, -0.25) is 9.97 Å². The third kappa shape index (κ3) is 4.98. The van der Waals surface area contributed by atoms with Gasteiger partial charge >= 0.3 is 5.88 Å². The number of rotatable bonds is 9. The number of pyridine rings is 3. The fourth-order valence-corrected chi connectivity index (χ4v) is 5.79. The molecule has 2 aliphatic carbocycles. The van der Waals surface area contributed by atoms with Crippen LogP contribution in [0.4, 0.5) is 0 Å². The molecule has 0 amide bonds. The Labute approximate surface area is 210 Å². The highest BCUT2D eigenvalue weighted by Crippen LogP contribution is 2.52. The second-order valence-electron chi connectivity index (χ2n) is 11.4. The average molecular weight is 471 g/mol. The highest BCUT2D eigenvalue weighted by atomic mass is 16.5. The van der Waals surface area contributed by atoms with E-state index in [2.05, 4.69) is 86.8 Å². The molecule has 2 fully saturated rings. The Morgan fingerprint density at radius 3 is 2.49 bits per heavy atom. The second kappa shape index (κ2) is 9.72. The Kier molecular flexibility index (Phi) is 6.65. The topological polar surface area (TPSA) is 38.9 Å². The average Bonchev–Trinajstić information content (AvgIpc) is 3.79. The van der Waals surface area contributed by atoms with E-state index in [4.69, 9.17) is 9.72 Å². The van der Waals surface area contributed by atoms with E-state index in [-0.39, 0.29) is 0 Å². The van der Waals surface area contributed by atoms with Gasteiger partial charge in [0.1, 0.15) is 0 Å². The largest absolute Gasteiger partial charge is 0.448 e. The predicted octanol–water partition coefficient (Wildman–Crippen LogP) is 7.05. The van der Waals surface area contributed by atoms with Gasteiger partial charge in [0.25, 0.3) is 0 Å². The summed E-state index contributed by atoms with van der Waals surface area (Å²) in [5, 5.41) is 0. The molecule has 0 N–H and O–H groups in total. The van der Waals surface area contributed by atoms with Crippen molar-refractivity contribution in [2.75, 3.05) is 7.11 Å². The zero-order chi connectivity index (χ0) is 24.7. The minimum atomic E-state index is 0.442. The lowest BCUT2D eigenvalue weighted by molar-refractivity contribution is -0.706. The summed E-state index contributed by atoms with van der Waals surface area (Å²) in [5.74, 6) is 4.33. The van der Waals surface area contributed by atoms with E-state index in [9.17, 15) is 0 Å². The van der Waals surface area contributed by atoms with Gasteiger partial charge in [-0.15, -0.1) is 0 Å². The quantitative estimate of drug-likeness (QED) is 0.315. The van der Waals surface area contributed by atoms with Gasteiger partial charge in [0, 0.05) is 42.2 Å². The van der Waals surface area contributed by atoms with E-state index in [0.29, 0.717) is 35.6 Å². The number of ether oxygens (including phenoxy) is 1. The van der Waals surface area contributed by atoms with Gasteiger partial charge in [-0.05, 0) is 71.4 Å². The van der Waals surface area contributed by atoms with Crippen LogP contribution < -0.4 is 9.30 Å². The van der Waals surface area contributed by atoms with Crippen LogP contribution in [0.25, 0.3) is 0 Å². The lowest BCUT2D eigenvalue weighted by Crippen LogP contribution is -2.34. The highest BCUT2D eigenvalue weighted by molar-refractivity contribution is 5.32. The zero-order valence-electron chi connectivity index (χ0n) is 22.1. The monoisotopic (exact) mass is 470 g/mol. The van der Waals surface area contributed by atoms with Crippen molar-refractivity contribution >= 4 is 0 Å². The first-order valence-electron chi connectivity index (χ1n) is 13.4. The fourth-order valence-electron chi connectivity index (χ4n) is 5.79. The maximum absolute atomic E-state index is 5.88. The van der Waals surface area contributed by atoms with Crippen LogP contribution in [0.15, 0.2) is 55.0 Å². The molecule has 5 unspecified atom stereocenters. The van der Waals surface area contributed by atoms with Crippen molar-refractivity contribution in [3.63, 3.8) is 0 Å². The van der Waals surface area contributed by atoms with Crippen LogP contribution in [0.1, 0.15) is 118 Å². The lowest BCUT2D eigenvalue weighted by atomic mass is 9.94. The van der Waals surface area contributed by atoms with E-state index < -0.39 is 0 Å². The molecular formula is C31H40N3O+. The minimum absolute atomic E-state index is 0.442. The molecule has 5 rings (SSSR count). The first-order chi connectivity index (χ1) is 16.9. The van der Waals surface area contributed by atoms with E-state index in [1.165, 1.54) is 40.9 Å². The number of hydrogen-bond donors (Lipinski definition) is 0. The SMILES string of the molecule is COc1cc(C(C)CC2CC2c2cc(C(C)C)ccn2)cc[n+]1C1CC1c1cccnc1C(C)C. The Morgan fingerprint density at radius 2 is 1.74 bits per heavy atom. The fraction of sp³-hybridized carbons (Fsp3) is 0.516. The van der Waals surface area contributed by atoms with Crippen LogP contribution in [0, 0.1) is 5.92 Å². The van der Waals surface area contributed by atoms with Crippen molar-refractivity contribution in [3.8, 4) is 5.88 Å². The second-order valence-corrected chi connectivity index (χ2v) is 11.4. The molecule has 5 atom stereocenters. The highest BCUT2D eigenvalue weighted by Gasteiger charge is 2.49. The van der Waals surface area contributed by atoms with Gasteiger partial charge in [0.15, 0.2) is 12.2 Å². The third-order valence-corrected chi connectivity index (χ3v) is 8.11. The van der Waals surface area contributed by atoms with Crippen LogP contribution in [-0.4, -0.2) is 17.1 Å². The summed E-state index contributed by atoms with van der Waals surface area (Å²) in [6.45, 7) is 11.3. The molecule has 0 bridgehead atoms. The lowest BCUT2D eigenvalue weighted by Gasteiger charge is -2.13. The van der Waals surface area contributed by atoms with Gasteiger partial charge in [0.2, 0.25) is 0 Å². The molecule has 2 aliphatic rings. The van der Waals surface area contributed by atoms with Crippen LogP contribution in [0.5, 0.6) is 5.88 Å². The van der Waals surface area contributed by atoms with Gasteiger partial charge < -0.3 is 4.74 Å². The molecule has 0 aromatic carbocycles. The van der Waals surface area contributed by atoms with Crippen molar-refractivity contribution < 1.29 is 9.30 Å². The normalized spacial score (nSPS) is 24.0. The Balaban J connectivity index is 1.26. The number of hydrogen-bond acceptors (Lipinski definition) is 3. The predicted molar refractivity (Wildman–Crippen MR) is 140 cm³/mol. The molecule has 35 heavy (non-hydrogen) atoms. The molecule has 0 saturated heterocycles. The number of aromatic nitrogens is 3. The van der Waals surface area contributed by atoms with Crippen LogP contribution in [0.3, 0.4) is 0 Å². The summed E-state index contributed by atoms with van der Waals surface area (Å²) in [6.07, 6.45) is 9.76. The van der Waals surface area contributed by atoms with Crippen LogP contribution in [-0.2, 0) is 0 Å². The number of methoxy groups -OCH3 is 1. The Morgan fingerprint density at radius 1 is 0.914 bits per heavy atom. The van der Waals surface area contributed by atoms with E-state index in [1.807, 2.05) is 12.4 Å². The van der Waals surface area contributed by atoms with E-state index in [0.717, 1.165) is 18.2 Å². The molecule has 3 aromatic rings. The molecule has 4 heteroatoms. The van der Waals surface area contributed by atoms with Gasteiger partial charge in [0.05, 0.1) is 19.1 Å². The van der Waals surface area contributed by atoms with E-state index >= 15 is 0 Å². The molecular weight excluding hydrogens is 430 g/mol. The van der Waals surface area contributed by atoms with Crippen molar-refractivity contribution in [2.24, 2.45) is 5.92 Å². The molecule has 3 aromatic heterocycles. The maximum Gasteiger partial charge on any atom is 0.368 e. The summed E-state index contributed by atoms with van der Waals surface area (Å²) in [6, 6.07) is 13.8. The summed E-state index contributed by atoms with van der Waals surface area (Å²) < 4.78 is 8.22. The minimum Gasteiger partial charge on any atom is -0.448 e. The summed E-state index contributed by atoms with van der Waals surface area (Å²) in [7, 11) is 1.80. The van der Waals surface area contributed by atoms with Gasteiger partial charge in [-0.25, -0.2) is 0 Å². The summed E-state index contributed by atoms with van der Waals surface area (Å²) in [4.78, 5) is 9.38. The number of nitrogens with zero attached hydrogens (tertiary/aromatic N) is 3. The van der Waals surface area contributed by atoms with E-state index in [1.54, 1.807) is 7.11 Å². The molecule has 0 aliphatic heterocycles. The maximum atomic E-state index is 5.88. The van der Waals surface area contributed by atoms with Crippen molar-refractivity contribution in [3.05, 3.63) is 83.1 Å². The Bertz CT molecular complexity index is 1190. The van der Waals surface area contributed by atoms with Crippen molar-refractivity contribution in [1.82, 2.24) is 9.97 Å². The molecule has 184 valence electrons. The summed E-state index contributed by atoms with van der Waals surface area (Å²) >= 11 is 0. The van der Waals surface area contributed by atoms with Crippen LogP contribution >= 0.6 is 0 Å². The Hall–Kier alpha value is -2.75. The third-order valence-electron chi connectivity index (χ3n) is 8.11. The first-order valence-corrected chi connectivity index (χ1v) is 13.4. The molecule has 4 nitrogen and oxygen atoms in total. The summed E-state index contributed by atoms with van der Waals surface area (Å²) in [5.41, 5.74) is 6.68. The molecule has 0 radical (unpaired) electrons. The first kappa shape index (κ1) is 24.0.